The zero-order chi connectivity index (χ0) is 22.5. The van der Waals surface area contributed by atoms with Gasteiger partial charge in [-0.3, -0.25) is 14.5 Å². The number of rotatable bonds is 9. The molecular weight excluding hydrogens is 416 g/mol. The van der Waals surface area contributed by atoms with Gasteiger partial charge in [0.15, 0.2) is 0 Å². The van der Waals surface area contributed by atoms with Crippen LogP contribution < -0.4 is 10.1 Å². The molecule has 1 aliphatic heterocycles. The van der Waals surface area contributed by atoms with Gasteiger partial charge in [-0.15, -0.1) is 0 Å². The lowest BCUT2D eigenvalue weighted by Gasteiger charge is -2.16. The molecule has 0 aromatic heterocycles. The maximum Gasteiger partial charge on any atom is 0.278 e. The molecule has 6 nitrogen and oxygen atoms in total. The Balaban J connectivity index is 1.90. The Hall–Kier alpha value is -2.83. The molecule has 2 aromatic rings. The minimum absolute atomic E-state index is 0.0145. The molecule has 1 heterocycles. The summed E-state index contributed by atoms with van der Waals surface area (Å²) in [5, 5.41) is 3.69. The highest BCUT2D eigenvalue weighted by Crippen LogP contribution is 2.31. The van der Waals surface area contributed by atoms with E-state index in [1.165, 1.54) is 4.90 Å². The first-order chi connectivity index (χ1) is 14.8. The van der Waals surface area contributed by atoms with Crippen LogP contribution in [0.25, 0.3) is 5.57 Å². The van der Waals surface area contributed by atoms with Crippen LogP contribution in [0.4, 0.5) is 5.69 Å². The smallest absolute Gasteiger partial charge is 0.278 e. The van der Waals surface area contributed by atoms with Gasteiger partial charge in [0.2, 0.25) is 0 Å². The van der Waals surface area contributed by atoms with Crippen molar-refractivity contribution in [2.75, 3.05) is 18.5 Å². The molecule has 0 atom stereocenters. The summed E-state index contributed by atoms with van der Waals surface area (Å²) in [5.41, 5.74) is 1.85. The number of hydrogen-bond donors (Lipinski definition) is 1. The highest BCUT2D eigenvalue weighted by Gasteiger charge is 2.39. The van der Waals surface area contributed by atoms with Crippen LogP contribution in [-0.2, 0) is 14.3 Å². The van der Waals surface area contributed by atoms with Crippen LogP contribution in [0.5, 0.6) is 5.75 Å². The normalized spacial score (nSPS) is 14.2. The first kappa shape index (κ1) is 22.8. The third-order valence-electron chi connectivity index (χ3n) is 4.56. The quantitative estimate of drug-likeness (QED) is 0.568. The molecule has 31 heavy (non-hydrogen) atoms. The van der Waals surface area contributed by atoms with Crippen LogP contribution in [0, 0.1) is 0 Å². The molecule has 0 saturated heterocycles. The van der Waals surface area contributed by atoms with E-state index in [2.05, 4.69) is 5.32 Å². The Labute approximate surface area is 187 Å². The minimum atomic E-state index is -0.384. The molecule has 0 aliphatic carbocycles. The predicted octanol–water partition coefficient (Wildman–Crippen LogP) is 4.74. The summed E-state index contributed by atoms with van der Waals surface area (Å²) in [7, 11) is 0. The Kier molecular flexibility index (Phi) is 7.36. The zero-order valence-electron chi connectivity index (χ0n) is 18.1. The lowest BCUT2D eigenvalue weighted by Crippen LogP contribution is -2.35. The Morgan fingerprint density at radius 3 is 2.13 bits per heavy atom. The number of amides is 2. The molecular formula is C24H27ClN2O4. The molecule has 7 heteroatoms. The van der Waals surface area contributed by atoms with Gasteiger partial charge in [-0.25, -0.2) is 0 Å². The number of halogens is 1. The molecule has 0 saturated carbocycles. The Morgan fingerprint density at radius 1 is 0.903 bits per heavy atom. The third-order valence-corrected chi connectivity index (χ3v) is 4.81. The molecule has 1 aliphatic rings. The van der Waals surface area contributed by atoms with Gasteiger partial charge in [0, 0.05) is 10.7 Å². The van der Waals surface area contributed by atoms with Crippen molar-refractivity contribution in [2.24, 2.45) is 0 Å². The summed E-state index contributed by atoms with van der Waals surface area (Å²) in [4.78, 5) is 27.5. The monoisotopic (exact) mass is 442 g/mol. The molecule has 0 radical (unpaired) electrons. The van der Waals surface area contributed by atoms with Crippen molar-refractivity contribution >= 4 is 34.7 Å². The molecule has 164 valence electrons. The van der Waals surface area contributed by atoms with E-state index in [-0.39, 0.29) is 42.9 Å². The Bertz CT molecular complexity index is 966. The number of ether oxygens (including phenoxy) is 2. The molecule has 0 unspecified atom stereocenters. The SMILES string of the molecule is CC(C)OCCN1C(=O)C(Nc2ccc(OC(C)C)cc2)=C(c2ccc(Cl)cc2)C1=O. The number of nitrogens with zero attached hydrogens (tertiary/aromatic N) is 1. The second-order valence-electron chi connectivity index (χ2n) is 7.75. The summed E-state index contributed by atoms with van der Waals surface area (Å²) in [6.45, 7) is 8.18. The van der Waals surface area contributed by atoms with Crippen molar-refractivity contribution in [1.29, 1.82) is 0 Å². The Morgan fingerprint density at radius 2 is 1.55 bits per heavy atom. The highest BCUT2D eigenvalue weighted by molar-refractivity contribution is 6.36. The summed E-state index contributed by atoms with van der Waals surface area (Å²) in [6, 6.07) is 14.1. The van der Waals surface area contributed by atoms with Gasteiger partial charge < -0.3 is 14.8 Å². The van der Waals surface area contributed by atoms with Crippen LogP contribution in [0.15, 0.2) is 54.2 Å². The van der Waals surface area contributed by atoms with E-state index in [0.29, 0.717) is 21.8 Å². The molecule has 2 aromatic carbocycles. The van der Waals surface area contributed by atoms with E-state index in [1.54, 1.807) is 24.3 Å². The molecule has 2 amide bonds. The maximum absolute atomic E-state index is 13.2. The van der Waals surface area contributed by atoms with E-state index in [4.69, 9.17) is 21.1 Å². The lowest BCUT2D eigenvalue weighted by atomic mass is 10.0. The van der Waals surface area contributed by atoms with Gasteiger partial charge in [0.05, 0.1) is 30.9 Å². The first-order valence-electron chi connectivity index (χ1n) is 10.3. The number of benzene rings is 2. The van der Waals surface area contributed by atoms with Gasteiger partial charge in [-0.05, 0) is 69.7 Å². The maximum atomic E-state index is 13.2. The van der Waals surface area contributed by atoms with E-state index in [1.807, 2.05) is 52.0 Å². The number of imide groups is 1. The first-order valence-corrected chi connectivity index (χ1v) is 10.7. The number of nitrogens with one attached hydrogen (secondary N) is 1. The summed E-state index contributed by atoms with van der Waals surface area (Å²) in [6.07, 6.45) is 0.0781. The van der Waals surface area contributed by atoms with E-state index >= 15 is 0 Å². The second-order valence-corrected chi connectivity index (χ2v) is 8.19. The standard InChI is InChI=1S/C24H27ClN2O4/c1-15(2)30-14-13-27-23(28)21(17-5-7-18(25)8-6-17)22(24(27)29)26-19-9-11-20(12-10-19)31-16(3)4/h5-12,15-16,26H,13-14H2,1-4H3. The molecule has 0 bridgehead atoms. The van der Waals surface area contributed by atoms with Gasteiger partial charge in [-0.1, -0.05) is 23.7 Å². The number of carbonyl (C=O) groups excluding carboxylic acids is 2. The average Bonchev–Trinajstić information content (AvgIpc) is 2.94. The van der Waals surface area contributed by atoms with Crippen LogP contribution in [-0.4, -0.2) is 42.1 Å². The van der Waals surface area contributed by atoms with Crippen molar-refractivity contribution in [3.05, 3.63) is 64.8 Å². The summed E-state index contributed by atoms with van der Waals surface area (Å²) >= 11 is 6.00. The van der Waals surface area contributed by atoms with Crippen molar-refractivity contribution in [1.82, 2.24) is 4.90 Å². The largest absolute Gasteiger partial charge is 0.491 e. The van der Waals surface area contributed by atoms with Crippen LogP contribution in [0.2, 0.25) is 5.02 Å². The van der Waals surface area contributed by atoms with Crippen LogP contribution in [0.1, 0.15) is 33.3 Å². The van der Waals surface area contributed by atoms with Crippen molar-refractivity contribution < 1.29 is 19.1 Å². The van der Waals surface area contributed by atoms with Gasteiger partial charge >= 0.3 is 0 Å². The highest BCUT2D eigenvalue weighted by atomic mass is 35.5. The minimum Gasteiger partial charge on any atom is -0.491 e. The fourth-order valence-corrected chi connectivity index (χ4v) is 3.32. The number of hydrogen-bond acceptors (Lipinski definition) is 5. The predicted molar refractivity (Wildman–Crippen MR) is 122 cm³/mol. The van der Waals surface area contributed by atoms with E-state index < -0.39 is 0 Å². The fourth-order valence-electron chi connectivity index (χ4n) is 3.19. The van der Waals surface area contributed by atoms with Crippen LogP contribution >= 0.6 is 11.6 Å². The average molecular weight is 443 g/mol. The summed E-state index contributed by atoms with van der Waals surface area (Å²) in [5.74, 6) is -0.0134. The second kappa shape index (κ2) is 9.98. The number of carbonyl (C=O) groups is 2. The van der Waals surface area contributed by atoms with E-state index in [9.17, 15) is 9.59 Å². The topological polar surface area (TPSA) is 67.9 Å². The van der Waals surface area contributed by atoms with Crippen molar-refractivity contribution in [2.45, 2.75) is 39.9 Å². The van der Waals surface area contributed by atoms with Crippen molar-refractivity contribution in [3.8, 4) is 5.75 Å². The molecule has 0 spiro atoms. The molecule has 0 fully saturated rings. The molecule has 3 rings (SSSR count). The fraction of sp³-hybridized carbons (Fsp3) is 0.333. The summed E-state index contributed by atoms with van der Waals surface area (Å²) < 4.78 is 11.2. The van der Waals surface area contributed by atoms with Crippen LogP contribution in [0.3, 0.4) is 0 Å². The van der Waals surface area contributed by atoms with Gasteiger partial charge in [0.25, 0.3) is 11.8 Å². The van der Waals surface area contributed by atoms with Crippen molar-refractivity contribution in [3.63, 3.8) is 0 Å². The zero-order valence-corrected chi connectivity index (χ0v) is 18.9. The molecule has 1 N–H and O–H groups in total. The lowest BCUT2D eigenvalue weighted by molar-refractivity contribution is -0.137. The van der Waals surface area contributed by atoms with Gasteiger partial charge in [-0.2, -0.15) is 0 Å². The third kappa shape index (κ3) is 5.66. The van der Waals surface area contributed by atoms with Gasteiger partial charge in [0.1, 0.15) is 11.4 Å². The number of anilines is 1. The van der Waals surface area contributed by atoms with E-state index in [0.717, 1.165) is 5.75 Å².